The van der Waals surface area contributed by atoms with Crippen molar-refractivity contribution in [3.05, 3.63) is 42.1 Å². The highest BCUT2D eigenvalue weighted by molar-refractivity contribution is 5.88. The maximum absolute atomic E-state index is 11.5. The Morgan fingerprint density at radius 1 is 1.31 bits per heavy atom. The predicted molar refractivity (Wildman–Crippen MR) is 62.2 cm³/mol. The summed E-state index contributed by atoms with van der Waals surface area (Å²) in [5.41, 5.74) is 1.85. The monoisotopic (exact) mass is 215 g/mol. The minimum atomic E-state index is -0.266. The van der Waals surface area contributed by atoms with Crippen molar-refractivity contribution in [1.29, 1.82) is 0 Å². The number of fused-ring (bicyclic) bond motifs is 1. The summed E-state index contributed by atoms with van der Waals surface area (Å²) in [4.78, 5) is 15.8. The summed E-state index contributed by atoms with van der Waals surface area (Å²) >= 11 is 0. The Kier molecular flexibility index (Phi) is 2.86. The number of methoxy groups -OCH3 is 1. The van der Waals surface area contributed by atoms with Crippen LogP contribution in [-0.4, -0.2) is 18.1 Å². The quantitative estimate of drug-likeness (QED) is 0.722. The Morgan fingerprint density at radius 2 is 2.06 bits per heavy atom. The number of carbonyl (C=O) groups excluding carboxylic acids is 1. The van der Waals surface area contributed by atoms with Crippen molar-refractivity contribution in [2.75, 3.05) is 7.11 Å². The van der Waals surface area contributed by atoms with E-state index < -0.39 is 0 Å². The number of hydrogen-bond acceptors (Lipinski definition) is 3. The van der Waals surface area contributed by atoms with E-state index in [1.165, 1.54) is 7.11 Å². The SMILES string of the molecule is COC(=O)C(C)c1ccnc2ccccc12. The molecule has 1 unspecified atom stereocenters. The molecule has 1 aromatic carbocycles. The van der Waals surface area contributed by atoms with Crippen LogP contribution >= 0.6 is 0 Å². The van der Waals surface area contributed by atoms with Gasteiger partial charge in [0.05, 0.1) is 18.5 Å². The Balaban J connectivity index is 2.56. The van der Waals surface area contributed by atoms with Gasteiger partial charge in [-0.25, -0.2) is 0 Å². The molecule has 0 amide bonds. The van der Waals surface area contributed by atoms with Gasteiger partial charge in [0.2, 0.25) is 0 Å². The van der Waals surface area contributed by atoms with E-state index in [4.69, 9.17) is 4.74 Å². The molecule has 0 bridgehead atoms. The van der Waals surface area contributed by atoms with Crippen LogP contribution in [0.25, 0.3) is 10.9 Å². The number of carbonyl (C=O) groups is 1. The van der Waals surface area contributed by atoms with E-state index in [9.17, 15) is 4.79 Å². The second-order valence-electron chi connectivity index (χ2n) is 3.66. The summed E-state index contributed by atoms with van der Waals surface area (Å²) in [6.07, 6.45) is 1.72. The summed E-state index contributed by atoms with van der Waals surface area (Å²) in [5.74, 6) is -0.491. The highest BCUT2D eigenvalue weighted by atomic mass is 16.5. The third-order valence-corrected chi connectivity index (χ3v) is 2.70. The fourth-order valence-electron chi connectivity index (χ4n) is 1.80. The molecule has 0 radical (unpaired) electrons. The average molecular weight is 215 g/mol. The molecule has 1 atom stereocenters. The van der Waals surface area contributed by atoms with Crippen molar-refractivity contribution in [1.82, 2.24) is 4.98 Å². The molecule has 0 saturated heterocycles. The molecule has 0 aliphatic heterocycles. The van der Waals surface area contributed by atoms with Gasteiger partial charge in [0, 0.05) is 11.6 Å². The van der Waals surface area contributed by atoms with Crippen LogP contribution < -0.4 is 0 Å². The van der Waals surface area contributed by atoms with Crippen molar-refractivity contribution in [3.63, 3.8) is 0 Å². The van der Waals surface area contributed by atoms with E-state index in [1.807, 2.05) is 37.3 Å². The lowest BCUT2D eigenvalue weighted by molar-refractivity contribution is -0.141. The van der Waals surface area contributed by atoms with E-state index in [0.717, 1.165) is 16.5 Å². The van der Waals surface area contributed by atoms with Gasteiger partial charge in [-0.1, -0.05) is 18.2 Å². The molecule has 0 fully saturated rings. The molecule has 0 saturated carbocycles. The molecule has 3 nitrogen and oxygen atoms in total. The first kappa shape index (κ1) is 10.6. The van der Waals surface area contributed by atoms with Gasteiger partial charge in [0.25, 0.3) is 0 Å². The van der Waals surface area contributed by atoms with Crippen molar-refractivity contribution in [3.8, 4) is 0 Å². The summed E-state index contributed by atoms with van der Waals surface area (Å²) in [7, 11) is 1.40. The predicted octanol–water partition coefficient (Wildman–Crippen LogP) is 2.51. The average Bonchev–Trinajstić information content (AvgIpc) is 2.36. The minimum absolute atomic E-state index is 0.226. The number of esters is 1. The number of ether oxygens (including phenoxy) is 1. The van der Waals surface area contributed by atoms with Gasteiger partial charge < -0.3 is 4.74 Å². The number of para-hydroxylation sites is 1. The van der Waals surface area contributed by atoms with Gasteiger partial charge in [0.15, 0.2) is 0 Å². The van der Waals surface area contributed by atoms with Crippen LogP contribution in [0.2, 0.25) is 0 Å². The number of rotatable bonds is 2. The lowest BCUT2D eigenvalue weighted by atomic mass is 9.97. The molecule has 0 aliphatic rings. The van der Waals surface area contributed by atoms with E-state index in [1.54, 1.807) is 6.20 Å². The third-order valence-electron chi connectivity index (χ3n) is 2.70. The van der Waals surface area contributed by atoms with E-state index in [0.29, 0.717) is 0 Å². The number of aromatic nitrogens is 1. The number of hydrogen-bond donors (Lipinski definition) is 0. The molecule has 82 valence electrons. The molecule has 16 heavy (non-hydrogen) atoms. The fraction of sp³-hybridized carbons (Fsp3) is 0.231. The molecule has 2 rings (SSSR count). The zero-order valence-electron chi connectivity index (χ0n) is 9.31. The Bertz CT molecular complexity index is 517. The normalized spacial score (nSPS) is 12.4. The zero-order chi connectivity index (χ0) is 11.5. The number of benzene rings is 1. The van der Waals surface area contributed by atoms with E-state index in [-0.39, 0.29) is 11.9 Å². The summed E-state index contributed by atoms with van der Waals surface area (Å²) in [6, 6.07) is 9.64. The largest absolute Gasteiger partial charge is 0.469 e. The van der Waals surface area contributed by atoms with Gasteiger partial charge in [-0.15, -0.1) is 0 Å². The molecular formula is C13H13NO2. The molecular weight excluding hydrogens is 202 g/mol. The first-order chi connectivity index (χ1) is 7.74. The Hall–Kier alpha value is -1.90. The topological polar surface area (TPSA) is 39.2 Å². The maximum atomic E-state index is 11.5. The van der Waals surface area contributed by atoms with Crippen LogP contribution in [0, 0.1) is 0 Å². The molecule has 0 aliphatic carbocycles. The van der Waals surface area contributed by atoms with Crippen LogP contribution in [0.3, 0.4) is 0 Å². The molecule has 1 heterocycles. The lowest BCUT2D eigenvalue weighted by Crippen LogP contribution is -2.11. The van der Waals surface area contributed by atoms with Crippen LogP contribution in [0.4, 0.5) is 0 Å². The first-order valence-electron chi connectivity index (χ1n) is 5.15. The second kappa shape index (κ2) is 4.31. The Labute approximate surface area is 94.1 Å². The molecule has 0 spiro atoms. The van der Waals surface area contributed by atoms with Crippen molar-refractivity contribution in [2.45, 2.75) is 12.8 Å². The number of nitrogens with zero attached hydrogens (tertiary/aromatic N) is 1. The standard InChI is InChI=1S/C13H13NO2/c1-9(13(15)16-2)10-7-8-14-12-6-4-3-5-11(10)12/h3-9H,1-2H3. The highest BCUT2D eigenvalue weighted by Gasteiger charge is 2.17. The molecule has 0 N–H and O–H groups in total. The molecule has 1 aromatic heterocycles. The van der Waals surface area contributed by atoms with Crippen molar-refractivity contribution in [2.24, 2.45) is 0 Å². The van der Waals surface area contributed by atoms with Crippen LogP contribution in [0.5, 0.6) is 0 Å². The zero-order valence-corrected chi connectivity index (χ0v) is 9.31. The van der Waals surface area contributed by atoms with Gasteiger partial charge in [-0.05, 0) is 24.6 Å². The maximum Gasteiger partial charge on any atom is 0.312 e. The summed E-state index contributed by atoms with van der Waals surface area (Å²) in [6.45, 7) is 1.84. The Morgan fingerprint density at radius 3 is 2.81 bits per heavy atom. The summed E-state index contributed by atoms with van der Waals surface area (Å²) < 4.78 is 4.76. The first-order valence-corrected chi connectivity index (χ1v) is 5.15. The fourth-order valence-corrected chi connectivity index (χ4v) is 1.80. The number of pyridine rings is 1. The van der Waals surface area contributed by atoms with Crippen LogP contribution in [-0.2, 0) is 9.53 Å². The van der Waals surface area contributed by atoms with E-state index in [2.05, 4.69) is 4.98 Å². The van der Waals surface area contributed by atoms with Gasteiger partial charge >= 0.3 is 5.97 Å². The summed E-state index contributed by atoms with van der Waals surface area (Å²) in [5, 5.41) is 1.00. The molecule has 2 aromatic rings. The third kappa shape index (κ3) is 1.76. The smallest absolute Gasteiger partial charge is 0.312 e. The lowest BCUT2D eigenvalue weighted by Gasteiger charge is -2.11. The van der Waals surface area contributed by atoms with Gasteiger partial charge in [-0.3, -0.25) is 9.78 Å². The van der Waals surface area contributed by atoms with Crippen LogP contribution in [0.15, 0.2) is 36.5 Å². The highest BCUT2D eigenvalue weighted by Crippen LogP contribution is 2.24. The van der Waals surface area contributed by atoms with Gasteiger partial charge in [-0.2, -0.15) is 0 Å². The van der Waals surface area contributed by atoms with Crippen molar-refractivity contribution < 1.29 is 9.53 Å². The van der Waals surface area contributed by atoms with E-state index >= 15 is 0 Å². The van der Waals surface area contributed by atoms with Crippen LogP contribution in [0.1, 0.15) is 18.4 Å². The second-order valence-corrected chi connectivity index (χ2v) is 3.66. The molecule has 3 heteroatoms. The van der Waals surface area contributed by atoms with Gasteiger partial charge in [0.1, 0.15) is 0 Å². The van der Waals surface area contributed by atoms with Crippen molar-refractivity contribution >= 4 is 16.9 Å². The minimum Gasteiger partial charge on any atom is -0.469 e.